The molecule has 1 aromatic rings. The molecular formula is C12H13NO6. The van der Waals surface area contributed by atoms with Crippen molar-refractivity contribution in [1.29, 1.82) is 0 Å². The first kappa shape index (κ1) is 14.6. The molecule has 7 heteroatoms. The van der Waals surface area contributed by atoms with Crippen molar-refractivity contribution < 1.29 is 24.4 Å². The van der Waals surface area contributed by atoms with E-state index in [0.717, 1.165) is 12.7 Å². The maximum absolute atomic E-state index is 11.2. The number of rotatable bonds is 6. The molecule has 7 nitrogen and oxygen atoms in total. The van der Waals surface area contributed by atoms with Crippen molar-refractivity contribution in [2.45, 2.75) is 12.8 Å². The van der Waals surface area contributed by atoms with E-state index in [1.54, 1.807) is 0 Å². The molecule has 1 atom stereocenters. The van der Waals surface area contributed by atoms with Gasteiger partial charge in [0.1, 0.15) is 0 Å². The van der Waals surface area contributed by atoms with Gasteiger partial charge in [0.05, 0.1) is 12.0 Å². The number of nitro groups is 1. The standard InChI is InChI=1S/C12H13NO6/c1-19-12(16)10(11(14)15)7-4-8-2-5-9(6-3-8)13(17)18/h2-3,5-6,10H,4,7H2,1H3,(H,14,15). The average Bonchev–Trinajstić information content (AvgIpc) is 2.38. The fourth-order valence-corrected chi connectivity index (χ4v) is 1.58. The summed E-state index contributed by atoms with van der Waals surface area (Å²) in [6.45, 7) is 0. The van der Waals surface area contributed by atoms with Crippen molar-refractivity contribution in [3.63, 3.8) is 0 Å². The van der Waals surface area contributed by atoms with Crippen molar-refractivity contribution >= 4 is 17.6 Å². The van der Waals surface area contributed by atoms with Crippen LogP contribution in [0.1, 0.15) is 12.0 Å². The van der Waals surface area contributed by atoms with E-state index < -0.39 is 22.8 Å². The van der Waals surface area contributed by atoms with E-state index in [4.69, 9.17) is 5.11 Å². The molecule has 1 N–H and O–H groups in total. The molecule has 0 heterocycles. The van der Waals surface area contributed by atoms with Gasteiger partial charge in [-0.3, -0.25) is 19.7 Å². The summed E-state index contributed by atoms with van der Waals surface area (Å²) >= 11 is 0. The van der Waals surface area contributed by atoms with Crippen LogP contribution >= 0.6 is 0 Å². The number of methoxy groups -OCH3 is 1. The number of benzene rings is 1. The van der Waals surface area contributed by atoms with Crippen LogP contribution in [0.4, 0.5) is 5.69 Å². The lowest BCUT2D eigenvalue weighted by Crippen LogP contribution is -2.25. The average molecular weight is 267 g/mol. The van der Waals surface area contributed by atoms with E-state index in [0.29, 0.717) is 6.42 Å². The van der Waals surface area contributed by atoms with Crippen molar-refractivity contribution in [2.75, 3.05) is 7.11 Å². The van der Waals surface area contributed by atoms with E-state index in [9.17, 15) is 19.7 Å². The Hall–Kier alpha value is -2.44. The van der Waals surface area contributed by atoms with Crippen LogP contribution in [0.25, 0.3) is 0 Å². The zero-order valence-corrected chi connectivity index (χ0v) is 10.2. The Balaban J connectivity index is 2.66. The highest BCUT2D eigenvalue weighted by Crippen LogP contribution is 2.16. The number of aryl methyl sites for hydroxylation is 1. The predicted molar refractivity (Wildman–Crippen MR) is 64.6 cm³/mol. The molecule has 0 bridgehead atoms. The van der Waals surface area contributed by atoms with Gasteiger partial charge in [-0.2, -0.15) is 0 Å². The molecule has 0 spiro atoms. The van der Waals surface area contributed by atoms with Crippen LogP contribution in [-0.2, 0) is 20.7 Å². The highest BCUT2D eigenvalue weighted by molar-refractivity contribution is 5.93. The quantitative estimate of drug-likeness (QED) is 0.361. The summed E-state index contributed by atoms with van der Waals surface area (Å²) in [6.07, 6.45) is 0.407. The van der Waals surface area contributed by atoms with Crippen molar-refractivity contribution in [3.8, 4) is 0 Å². The Morgan fingerprint density at radius 1 is 1.37 bits per heavy atom. The number of esters is 1. The topological polar surface area (TPSA) is 107 Å². The van der Waals surface area contributed by atoms with E-state index >= 15 is 0 Å². The molecule has 0 saturated carbocycles. The Bertz CT molecular complexity index is 481. The lowest BCUT2D eigenvalue weighted by atomic mass is 9.99. The van der Waals surface area contributed by atoms with Gasteiger partial charge in [-0.15, -0.1) is 0 Å². The number of hydrogen-bond acceptors (Lipinski definition) is 5. The van der Waals surface area contributed by atoms with E-state index in [-0.39, 0.29) is 12.1 Å². The first-order valence-corrected chi connectivity index (χ1v) is 5.49. The van der Waals surface area contributed by atoms with Gasteiger partial charge in [-0.05, 0) is 18.4 Å². The Kier molecular flexibility index (Phi) is 4.99. The minimum atomic E-state index is -1.24. The van der Waals surface area contributed by atoms with Crippen LogP contribution in [0.5, 0.6) is 0 Å². The van der Waals surface area contributed by atoms with Gasteiger partial charge in [0.2, 0.25) is 0 Å². The third-order valence-corrected chi connectivity index (χ3v) is 2.65. The molecule has 0 aliphatic carbocycles. The van der Waals surface area contributed by atoms with Gasteiger partial charge < -0.3 is 9.84 Å². The van der Waals surface area contributed by atoms with Gasteiger partial charge in [0.15, 0.2) is 5.92 Å². The van der Waals surface area contributed by atoms with Crippen LogP contribution in [0.15, 0.2) is 24.3 Å². The number of carbonyl (C=O) groups excluding carboxylic acids is 1. The Morgan fingerprint density at radius 3 is 2.37 bits per heavy atom. The molecule has 19 heavy (non-hydrogen) atoms. The highest BCUT2D eigenvalue weighted by Gasteiger charge is 2.26. The van der Waals surface area contributed by atoms with Gasteiger partial charge in [0, 0.05) is 12.1 Å². The third kappa shape index (κ3) is 4.06. The fourth-order valence-electron chi connectivity index (χ4n) is 1.58. The Morgan fingerprint density at radius 2 is 1.95 bits per heavy atom. The summed E-state index contributed by atoms with van der Waals surface area (Å²) in [5.74, 6) is -3.26. The van der Waals surface area contributed by atoms with E-state index in [2.05, 4.69) is 4.74 Å². The van der Waals surface area contributed by atoms with Gasteiger partial charge in [-0.25, -0.2) is 0 Å². The lowest BCUT2D eigenvalue weighted by molar-refractivity contribution is -0.384. The third-order valence-electron chi connectivity index (χ3n) is 2.65. The molecule has 0 aliphatic heterocycles. The summed E-state index contributed by atoms with van der Waals surface area (Å²) in [4.78, 5) is 32.0. The number of ether oxygens (including phenoxy) is 1. The van der Waals surface area contributed by atoms with Gasteiger partial charge in [-0.1, -0.05) is 12.1 Å². The van der Waals surface area contributed by atoms with Crippen LogP contribution in [0.3, 0.4) is 0 Å². The smallest absolute Gasteiger partial charge is 0.320 e. The number of carboxylic acid groups (broad SMARTS) is 1. The molecule has 0 aromatic heterocycles. The van der Waals surface area contributed by atoms with Crippen LogP contribution in [-0.4, -0.2) is 29.1 Å². The molecule has 0 amide bonds. The number of nitrogens with zero attached hydrogens (tertiary/aromatic N) is 1. The molecule has 1 unspecified atom stereocenters. The normalized spacial score (nSPS) is 11.6. The summed E-state index contributed by atoms with van der Waals surface area (Å²) in [5.41, 5.74) is 0.687. The van der Waals surface area contributed by atoms with Crippen LogP contribution in [0, 0.1) is 16.0 Å². The van der Waals surface area contributed by atoms with Crippen molar-refractivity contribution in [1.82, 2.24) is 0 Å². The maximum atomic E-state index is 11.2. The maximum Gasteiger partial charge on any atom is 0.320 e. The van der Waals surface area contributed by atoms with E-state index in [1.165, 1.54) is 24.3 Å². The van der Waals surface area contributed by atoms with Gasteiger partial charge in [0.25, 0.3) is 5.69 Å². The second kappa shape index (κ2) is 6.48. The predicted octanol–water partition coefficient (Wildman–Crippen LogP) is 1.40. The summed E-state index contributed by atoms with van der Waals surface area (Å²) in [7, 11) is 1.13. The summed E-state index contributed by atoms with van der Waals surface area (Å²) in [6, 6.07) is 5.75. The molecule has 0 aliphatic rings. The van der Waals surface area contributed by atoms with E-state index in [1.807, 2.05) is 0 Å². The van der Waals surface area contributed by atoms with Crippen LogP contribution < -0.4 is 0 Å². The van der Waals surface area contributed by atoms with Gasteiger partial charge >= 0.3 is 11.9 Å². The number of nitro benzene ring substituents is 1. The van der Waals surface area contributed by atoms with Crippen LogP contribution in [0.2, 0.25) is 0 Å². The molecule has 0 saturated heterocycles. The minimum Gasteiger partial charge on any atom is -0.481 e. The zero-order valence-electron chi connectivity index (χ0n) is 10.2. The zero-order chi connectivity index (χ0) is 14.4. The number of carbonyl (C=O) groups is 2. The monoisotopic (exact) mass is 267 g/mol. The van der Waals surface area contributed by atoms with Crippen molar-refractivity contribution in [3.05, 3.63) is 39.9 Å². The molecule has 102 valence electrons. The number of non-ortho nitro benzene ring substituents is 1. The first-order chi connectivity index (χ1) is 8.95. The molecule has 0 radical (unpaired) electrons. The lowest BCUT2D eigenvalue weighted by Gasteiger charge is -2.09. The summed E-state index contributed by atoms with van der Waals surface area (Å²) < 4.78 is 4.40. The first-order valence-electron chi connectivity index (χ1n) is 5.49. The molecule has 1 aromatic carbocycles. The number of aliphatic carboxylic acids is 1. The molecule has 1 rings (SSSR count). The second-order valence-corrected chi connectivity index (χ2v) is 3.88. The van der Waals surface area contributed by atoms with Crippen molar-refractivity contribution in [2.24, 2.45) is 5.92 Å². The highest BCUT2D eigenvalue weighted by atomic mass is 16.6. The summed E-state index contributed by atoms with van der Waals surface area (Å²) in [5, 5.41) is 19.3. The molecule has 0 fully saturated rings. The Labute approximate surface area is 109 Å². The second-order valence-electron chi connectivity index (χ2n) is 3.88. The fraction of sp³-hybridized carbons (Fsp3) is 0.333. The number of carboxylic acids is 1. The molecular weight excluding hydrogens is 254 g/mol. The largest absolute Gasteiger partial charge is 0.481 e. The minimum absolute atomic E-state index is 0.0356. The SMILES string of the molecule is COC(=O)C(CCc1ccc([N+](=O)[O-])cc1)C(=O)O. The number of hydrogen-bond donors (Lipinski definition) is 1.